The van der Waals surface area contributed by atoms with Gasteiger partial charge in [-0.25, -0.2) is 5.48 Å². The predicted octanol–water partition coefficient (Wildman–Crippen LogP) is 4.48. The van der Waals surface area contributed by atoms with Crippen molar-refractivity contribution < 1.29 is 10.0 Å². The van der Waals surface area contributed by atoms with Gasteiger partial charge in [0.1, 0.15) is 0 Å². The van der Waals surface area contributed by atoms with Gasteiger partial charge in [-0.2, -0.15) is 0 Å². The largest absolute Gasteiger partial charge is 0.314 e. The zero-order valence-electron chi connectivity index (χ0n) is 16.4. The molecule has 1 heterocycles. The van der Waals surface area contributed by atoms with Crippen LogP contribution < -0.4 is 11.0 Å². The summed E-state index contributed by atoms with van der Waals surface area (Å²) < 4.78 is 1.77. The zero-order valence-corrected chi connectivity index (χ0v) is 16.4. The van der Waals surface area contributed by atoms with Crippen LogP contribution in [0.2, 0.25) is 0 Å². The first kappa shape index (κ1) is 19.4. The third kappa shape index (κ3) is 4.10. The number of carbonyl (C=O) groups is 1. The summed E-state index contributed by atoms with van der Waals surface area (Å²) >= 11 is 0. The van der Waals surface area contributed by atoms with Gasteiger partial charge in [0.15, 0.2) is 0 Å². The Morgan fingerprint density at radius 2 is 1.83 bits per heavy atom. The lowest BCUT2D eigenvalue weighted by Gasteiger charge is -2.31. The normalized spacial score (nSPS) is 15.9. The summed E-state index contributed by atoms with van der Waals surface area (Å²) in [7, 11) is 0. The van der Waals surface area contributed by atoms with Crippen LogP contribution >= 0.6 is 0 Å². The highest BCUT2D eigenvalue weighted by Gasteiger charge is 2.26. The van der Waals surface area contributed by atoms with E-state index in [4.69, 9.17) is 5.21 Å². The van der Waals surface area contributed by atoms with Gasteiger partial charge in [-0.15, -0.1) is 0 Å². The van der Waals surface area contributed by atoms with Crippen molar-refractivity contribution in [3.63, 3.8) is 0 Å². The van der Waals surface area contributed by atoms with Gasteiger partial charge in [0.2, 0.25) is 0 Å². The Labute approximate surface area is 169 Å². The summed E-state index contributed by atoms with van der Waals surface area (Å²) in [6.45, 7) is 0.625. The van der Waals surface area contributed by atoms with E-state index in [1.54, 1.807) is 28.2 Å². The lowest BCUT2D eigenvalue weighted by Crippen LogP contribution is -2.27. The molecular weight excluding hydrogens is 364 g/mol. The van der Waals surface area contributed by atoms with E-state index in [0.29, 0.717) is 17.8 Å². The average molecular weight is 390 g/mol. The lowest BCUT2D eigenvalue weighted by molar-refractivity contribution is 0.0706. The number of rotatable bonds is 5. The molecule has 2 N–H and O–H groups in total. The van der Waals surface area contributed by atoms with E-state index in [0.717, 1.165) is 5.39 Å². The Kier molecular flexibility index (Phi) is 5.76. The Morgan fingerprint density at radius 1 is 1.07 bits per heavy atom. The minimum absolute atomic E-state index is 0.105. The summed E-state index contributed by atoms with van der Waals surface area (Å²) in [6.07, 6.45) is 8.05. The van der Waals surface area contributed by atoms with Crippen molar-refractivity contribution in [3.8, 4) is 0 Å². The molecular formula is C24H26N2O3. The van der Waals surface area contributed by atoms with Gasteiger partial charge in [0.25, 0.3) is 11.5 Å². The van der Waals surface area contributed by atoms with Crippen molar-refractivity contribution in [3.05, 3.63) is 82.3 Å². The molecule has 1 unspecified atom stereocenters. The topological polar surface area (TPSA) is 71.3 Å². The van der Waals surface area contributed by atoms with Crippen LogP contribution in [-0.2, 0) is 6.54 Å². The van der Waals surface area contributed by atoms with Crippen molar-refractivity contribution in [1.29, 1.82) is 0 Å². The van der Waals surface area contributed by atoms with E-state index >= 15 is 0 Å². The van der Waals surface area contributed by atoms with Crippen LogP contribution in [0.25, 0.3) is 10.8 Å². The molecule has 1 aromatic heterocycles. The number of hydrogen-bond acceptors (Lipinski definition) is 3. The average Bonchev–Trinajstić information content (AvgIpc) is 2.79. The number of carbonyl (C=O) groups excluding carboxylic acids is 1. The van der Waals surface area contributed by atoms with E-state index in [1.807, 2.05) is 18.3 Å². The molecule has 1 saturated carbocycles. The molecule has 29 heavy (non-hydrogen) atoms. The first-order chi connectivity index (χ1) is 14.2. The molecule has 0 bridgehead atoms. The molecule has 1 aliphatic rings. The maximum Gasteiger partial charge on any atom is 0.274 e. The van der Waals surface area contributed by atoms with Crippen LogP contribution in [0, 0.1) is 5.92 Å². The third-order valence-corrected chi connectivity index (χ3v) is 6.18. The fourth-order valence-electron chi connectivity index (χ4n) is 4.60. The Hall–Kier alpha value is -2.92. The molecule has 4 rings (SSSR count). The lowest BCUT2D eigenvalue weighted by atomic mass is 9.76. The number of hydroxylamine groups is 1. The number of hydrogen-bond donors (Lipinski definition) is 2. The van der Waals surface area contributed by atoms with Crippen molar-refractivity contribution in [2.75, 3.05) is 0 Å². The number of nitrogens with zero attached hydrogens (tertiary/aromatic N) is 1. The van der Waals surface area contributed by atoms with E-state index < -0.39 is 5.91 Å². The van der Waals surface area contributed by atoms with Gasteiger partial charge in [0.05, 0.1) is 0 Å². The van der Waals surface area contributed by atoms with Gasteiger partial charge in [-0.1, -0.05) is 55.7 Å². The molecule has 0 spiro atoms. The van der Waals surface area contributed by atoms with Crippen LogP contribution in [0.1, 0.15) is 53.9 Å². The van der Waals surface area contributed by atoms with Crippen molar-refractivity contribution >= 4 is 16.7 Å². The van der Waals surface area contributed by atoms with Gasteiger partial charge >= 0.3 is 0 Å². The molecule has 1 atom stereocenters. The van der Waals surface area contributed by atoms with Crippen molar-refractivity contribution in [2.24, 2.45) is 5.92 Å². The monoisotopic (exact) mass is 390 g/mol. The summed E-state index contributed by atoms with van der Waals surface area (Å²) in [5, 5.41) is 10.2. The molecule has 0 saturated heterocycles. The standard InChI is InChI=1S/C24H26N2O3/c27-23(25-29)20-12-11-19-13-14-26(24(28)21(19)15-20)16-22(17-7-3-1-4-8-17)18-9-5-2-6-10-18/h1,3-4,7-8,11-15,18,22,29H,2,5-6,9-10,16H2,(H,25,27). The molecule has 2 aromatic carbocycles. The number of pyridine rings is 1. The smallest absolute Gasteiger partial charge is 0.274 e. The minimum atomic E-state index is -0.619. The Bertz CT molecular complexity index is 1050. The number of fused-ring (bicyclic) bond motifs is 1. The van der Waals surface area contributed by atoms with Gasteiger partial charge < -0.3 is 4.57 Å². The van der Waals surface area contributed by atoms with Crippen LogP contribution in [0.15, 0.2) is 65.6 Å². The van der Waals surface area contributed by atoms with Gasteiger partial charge in [-0.3, -0.25) is 14.8 Å². The first-order valence-electron chi connectivity index (χ1n) is 10.3. The molecule has 1 fully saturated rings. The first-order valence-corrected chi connectivity index (χ1v) is 10.3. The molecule has 0 aliphatic heterocycles. The van der Waals surface area contributed by atoms with Crippen LogP contribution in [0.3, 0.4) is 0 Å². The quantitative estimate of drug-likeness (QED) is 0.498. The second-order valence-electron chi connectivity index (χ2n) is 7.93. The van der Waals surface area contributed by atoms with Crippen LogP contribution in [0.5, 0.6) is 0 Å². The summed E-state index contributed by atoms with van der Waals surface area (Å²) in [5.74, 6) is 0.238. The SMILES string of the molecule is O=C(NO)c1ccc2ccn(CC(c3ccccc3)C3CCCCC3)c(=O)c2c1. The predicted molar refractivity (Wildman–Crippen MR) is 113 cm³/mol. The summed E-state index contributed by atoms with van der Waals surface area (Å²) in [4.78, 5) is 25.0. The number of benzene rings is 2. The van der Waals surface area contributed by atoms with E-state index in [1.165, 1.54) is 37.7 Å². The Balaban J connectivity index is 1.72. The van der Waals surface area contributed by atoms with Crippen molar-refractivity contribution in [1.82, 2.24) is 10.0 Å². The Morgan fingerprint density at radius 3 is 2.55 bits per heavy atom. The molecule has 5 heteroatoms. The second-order valence-corrected chi connectivity index (χ2v) is 7.93. The van der Waals surface area contributed by atoms with E-state index in [-0.39, 0.29) is 17.0 Å². The molecule has 1 amide bonds. The second kappa shape index (κ2) is 8.62. The summed E-state index contributed by atoms with van der Waals surface area (Å²) in [5.41, 5.74) is 3.07. The van der Waals surface area contributed by atoms with Crippen LogP contribution in [0.4, 0.5) is 0 Å². The molecule has 3 aromatic rings. The molecule has 0 radical (unpaired) electrons. The minimum Gasteiger partial charge on any atom is -0.314 e. The van der Waals surface area contributed by atoms with E-state index in [2.05, 4.69) is 24.3 Å². The van der Waals surface area contributed by atoms with Crippen molar-refractivity contribution in [2.45, 2.75) is 44.6 Å². The number of amides is 1. The van der Waals surface area contributed by atoms with Crippen LogP contribution in [-0.4, -0.2) is 15.7 Å². The van der Waals surface area contributed by atoms with E-state index in [9.17, 15) is 9.59 Å². The highest BCUT2D eigenvalue weighted by molar-refractivity contribution is 5.97. The zero-order chi connectivity index (χ0) is 20.2. The maximum atomic E-state index is 13.2. The number of nitrogens with one attached hydrogen (secondary N) is 1. The third-order valence-electron chi connectivity index (χ3n) is 6.18. The fraction of sp³-hybridized carbons (Fsp3) is 0.333. The molecule has 5 nitrogen and oxygen atoms in total. The number of aromatic nitrogens is 1. The fourth-order valence-corrected chi connectivity index (χ4v) is 4.60. The molecule has 150 valence electrons. The van der Waals surface area contributed by atoms with Gasteiger partial charge in [-0.05, 0) is 47.9 Å². The highest BCUT2D eigenvalue weighted by Crippen LogP contribution is 2.37. The maximum absolute atomic E-state index is 13.2. The van der Waals surface area contributed by atoms with Gasteiger partial charge in [0, 0.05) is 29.6 Å². The summed E-state index contributed by atoms with van der Waals surface area (Å²) in [6, 6.07) is 17.3. The molecule has 1 aliphatic carbocycles. The highest BCUT2D eigenvalue weighted by atomic mass is 16.5.